The number of fused-ring (bicyclic) bond motifs is 2. The Labute approximate surface area is 211 Å². The summed E-state index contributed by atoms with van der Waals surface area (Å²) < 4.78 is 33.8. The maximum Gasteiger partial charge on any atom is 0.430 e. The Hall–Kier alpha value is -3.39. The number of anilines is 1. The van der Waals surface area contributed by atoms with Crippen molar-refractivity contribution in [2.75, 3.05) is 33.1 Å². The number of carboxylic acid groups (broad SMARTS) is 1. The van der Waals surface area contributed by atoms with Crippen LogP contribution < -0.4 is 15.2 Å². The Balaban J connectivity index is 0.000000454. The number of nitrogens with zero attached hydrogens (tertiary/aromatic N) is 2. The number of carbonyl (C=O) groups excluding carboxylic acids is 1. The number of benzene rings is 2. The second kappa shape index (κ2) is 9.93. The molecular weight excluding hydrogens is 481 g/mol. The number of halogens is 3. The summed E-state index contributed by atoms with van der Waals surface area (Å²) >= 11 is 0. The first-order valence-corrected chi connectivity index (χ1v) is 14.5. The summed E-state index contributed by atoms with van der Waals surface area (Å²) in [7, 11) is 6.66. The lowest BCUT2D eigenvalue weighted by Gasteiger charge is -2.38. The first-order valence-electron chi connectivity index (χ1n) is 11.5. The third-order valence-corrected chi connectivity index (χ3v) is 10.1. The van der Waals surface area contributed by atoms with E-state index in [0.29, 0.717) is 0 Å². The highest BCUT2D eigenvalue weighted by atomic mass is 28.3. The monoisotopic (exact) mass is 512 g/mol. The fourth-order valence-electron chi connectivity index (χ4n) is 4.52. The molecule has 1 aliphatic heterocycles. The van der Waals surface area contributed by atoms with Crippen LogP contribution in [0, 0.1) is 6.92 Å². The van der Waals surface area contributed by atoms with Crippen molar-refractivity contribution in [3.63, 3.8) is 0 Å². The van der Waals surface area contributed by atoms with Crippen LogP contribution in [0.25, 0.3) is 5.57 Å². The van der Waals surface area contributed by atoms with Gasteiger partial charge in [-0.3, -0.25) is 0 Å². The van der Waals surface area contributed by atoms with Crippen LogP contribution in [0.3, 0.4) is 0 Å². The highest BCUT2D eigenvalue weighted by molar-refractivity contribution is 6.98. The number of hydrogen-bond acceptors (Lipinski definition) is 3. The van der Waals surface area contributed by atoms with E-state index in [9.17, 15) is 13.2 Å². The normalized spacial score (nSPS) is 15.8. The van der Waals surface area contributed by atoms with E-state index in [1.165, 1.54) is 49.6 Å². The van der Waals surface area contributed by atoms with E-state index in [4.69, 9.17) is 9.90 Å². The van der Waals surface area contributed by atoms with Gasteiger partial charge < -0.3 is 14.8 Å². The molecule has 2 aliphatic rings. The minimum absolute atomic E-state index is 1.28. The van der Waals surface area contributed by atoms with Crippen molar-refractivity contribution >= 4 is 36.2 Å². The topological polar surface area (TPSA) is 46.4 Å². The Bertz CT molecular complexity index is 1330. The maximum absolute atomic E-state index is 10.5. The molecule has 4 nitrogen and oxygen atoms in total. The quantitative estimate of drug-likeness (QED) is 0.454. The number of carbonyl (C=O) groups is 1. The number of alkyl halides is 3. The van der Waals surface area contributed by atoms with Gasteiger partial charge in [0.2, 0.25) is 0 Å². The number of rotatable bonds is 2. The highest BCUT2D eigenvalue weighted by Crippen LogP contribution is 2.42. The molecule has 0 fully saturated rings. The van der Waals surface area contributed by atoms with Crippen LogP contribution in [0.2, 0.25) is 13.1 Å². The van der Waals surface area contributed by atoms with Gasteiger partial charge in [-0.2, -0.15) is 13.2 Å². The van der Waals surface area contributed by atoms with Crippen molar-refractivity contribution in [2.45, 2.75) is 26.2 Å². The molecule has 0 unspecified atom stereocenters. The smallest absolute Gasteiger partial charge is 0.430 e. The Morgan fingerprint density at radius 3 is 2.14 bits per heavy atom. The van der Waals surface area contributed by atoms with Crippen LogP contribution in [0.5, 0.6) is 0 Å². The molecule has 0 N–H and O–H groups in total. The molecular formula is C28H31F3N2O2Si. The summed E-state index contributed by atoms with van der Waals surface area (Å²) in [6, 6.07) is 15.8. The van der Waals surface area contributed by atoms with Crippen molar-refractivity contribution in [1.29, 1.82) is 0 Å². The minimum atomic E-state index is -5.19. The molecule has 0 saturated heterocycles. The SMILES string of the molecule is Cc1ccccc1C1=C2C=CC(=[N+](C)C)C=C2[Si](C)(C)c2cc(N(C)C)ccc21.O=C([O-])C(F)(F)F. The molecule has 0 saturated carbocycles. The van der Waals surface area contributed by atoms with Crippen LogP contribution in [0.1, 0.15) is 16.7 Å². The number of carboxylic acids is 1. The van der Waals surface area contributed by atoms with Gasteiger partial charge in [-0.15, -0.1) is 0 Å². The molecule has 2 aromatic rings. The molecule has 190 valence electrons. The van der Waals surface area contributed by atoms with Crippen molar-refractivity contribution in [3.05, 3.63) is 88.2 Å². The lowest BCUT2D eigenvalue weighted by atomic mass is 9.87. The predicted octanol–water partition coefficient (Wildman–Crippen LogP) is 3.84. The molecule has 0 amide bonds. The zero-order chi connectivity index (χ0) is 27.0. The molecule has 1 heterocycles. The fourth-order valence-corrected chi connectivity index (χ4v) is 7.60. The van der Waals surface area contributed by atoms with Crippen molar-refractivity contribution in [1.82, 2.24) is 0 Å². The minimum Gasteiger partial charge on any atom is -0.542 e. The predicted molar refractivity (Wildman–Crippen MR) is 140 cm³/mol. The molecule has 8 heteroatoms. The van der Waals surface area contributed by atoms with E-state index in [1.807, 2.05) is 0 Å². The molecule has 36 heavy (non-hydrogen) atoms. The molecule has 0 bridgehead atoms. The van der Waals surface area contributed by atoms with E-state index in [0.717, 1.165) is 0 Å². The van der Waals surface area contributed by atoms with Gasteiger partial charge >= 0.3 is 6.18 Å². The number of hydrogen-bond donors (Lipinski definition) is 0. The third kappa shape index (κ3) is 5.23. The maximum atomic E-state index is 10.5. The molecule has 1 aliphatic carbocycles. The molecule has 0 spiro atoms. The zero-order valence-electron chi connectivity index (χ0n) is 21.6. The summed E-state index contributed by atoms with van der Waals surface area (Å²) in [5.74, 6) is -3.01. The first kappa shape index (κ1) is 27.2. The zero-order valence-corrected chi connectivity index (χ0v) is 22.6. The third-order valence-electron chi connectivity index (χ3n) is 6.57. The molecule has 0 atom stereocenters. The van der Waals surface area contributed by atoms with Crippen LogP contribution >= 0.6 is 0 Å². The van der Waals surface area contributed by atoms with Gasteiger partial charge in [0, 0.05) is 31.9 Å². The van der Waals surface area contributed by atoms with E-state index in [-0.39, 0.29) is 0 Å². The van der Waals surface area contributed by atoms with Crippen molar-refractivity contribution in [2.24, 2.45) is 0 Å². The first-order chi connectivity index (χ1) is 16.7. The van der Waals surface area contributed by atoms with Gasteiger partial charge in [-0.05, 0) is 63.4 Å². The summed E-state index contributed by atoms with van der Waals surface area (Å²) in [6.45, 7) is 7.22. The van der Waals surface area contributed by atoms with Gasteiger partial charge in [0.1, 0.15) is 28.1 Å². The number of aryl methyl sites for hydroxylation is 1. The Kier molecular flexibility index (Phi) is 7.50. The average Bonchev–Trinajstić information content (AvgIpc) is 2.79. The van der Waals surface area contributed by atoms with Crippen LogP contribution in [0.15, 0.2) is 71.5 Å². The molecule has 2 aromatic carbocycles. The lowest BCUT2D eigenvalue weighted by molar-refractivity contribution is -0.462. The molecule has 0 radical (unpaired) electrons. The van der Waals surface area contributed by atoms with Crippen LogP contribution in [0.4, 0.5) is 18.9 Å². The summed E-state index contributed by atoms with van der Waals surface area (Å²) in [5.41, 5.74) is 9.43. The molecule has 0 aromatic heterocycles. The Morgan fingerprint density at radius 2 is 1.61 bits per heavy atom. The lowest BCUT2D eigenvalue weighted by Crippen LogP contribution is -2.49. The van der Waals surface area contributed by atoms with Gasteiger partial charge in [0.05, 0.1) is 0 Å². The van der Waals surface area contributed by atoms with Crippen molar-refractivity contribution in [3.8, 4) is 0 Å². The molecule has 4 rings (SSSR count). The van der Waals surface area contributed by atoms with Gasteiger partial charge in [0.15, 0.2) is 5.71 Å². The van der Waals surface area contributed by atoms with E-state index < -0.39 is 20.2 Å². The van der Waals surface area contributed by atoms with E-state index in [1.54, 1.807) is 0 Å². The number of allylic oxidation sites excluding steroid dienone is 5. The number of aliphatic carboxylic acids is 1. The second-order valence-electron chi connectivity index (χ2n) is 9.85. The van der Waals surface area contributed by atoms with Crippen molar-refractivity contribution < 1.29 is 27.6 Å². The second-order valence-corrected chi connectivity index (χ2v) is 14.2. The average molecular weight is 513 g/mol. The summed E-state index contributed by atoms with van der Waals surface area (Å²) in [4.78, 5) is 11.0. The van der Waals surface area contributed by atoms with Crippen LogP contribution in [-0.2, 0) is 4.79 Å². The summed E-state index contributed by atoms with van der Waals surface area (Å²) in [6.07, 6.45) is 1.86. The standard InChI is InChI=1S/C26H31N2Si.C2HF3O2/c1-18-10-8-9-11-21(18)26-22-14-12-19(27(2)3)16-24(22)29(6,7)25-17-20(28(4)5)13-15-23(25)26;3-2(4,5)1(6)7/h8-17H,1-7H3;(H,6,7)/q+1;/p-1. The van der Waals surface area contributed by atoms with E-state index in [2.05, 4.69) is 118 Å². The van der Waals surface area contributed by atoms with E-state index >= 15 is 0 Å². The Morgan fingerprint density at radius 1 is 1.00 bits per heavy atom. The fraction of sp³-hybridized carbons (Fsp3) is 0.286. The van der Waals surface area contributed by atoms with Gasteiger partial charge in [0.25, 0.3) is 0 Å². The van der Waals surface area contributed by atoms with Crippen LogP contribution in [-0.4, -0.2) is 58.7 Å². The highest BCUT2D eigenvalue weighted by Gasteiger charge is 2.40. The van der Waals surface area contributed by atoms with Gasteiger partial charge in [-0.25, -0.2) is 4.58 Å². The summed E-state index contributed by atoms with van der Waals surface area (Å²) in [5, 5.41) is 11.9. The largest absolute Gasteiger partial charge is 0.542 e. The van der Waals surface area contributed by atoms with Gasteiger partial charge in [-0.1, -0.05) is 43.4 Å².